The van der Waals surface area contributed by atoms with E-state index in [-0.39, 0.29) is 23.4 Å². The van der Waals surface area contributed by atoms with Gasteiger partial charge < -0.3 is 14.5 Å². The van der Waals surface area contributed by atoms with Crippen LogP contribution in [0.4, 0.5) is 4.39 Å². The summed E-state index contributed by atoms with van der Waals surface area (Å²) in [5.41, 5.74) is 1.94. The summed E-state index contributed by atoms with van der Waals surface area (Å²) in [7, 11) is 0. The van der Waals surface area contributed by atoms with Crippen molar-refractivity contribution in [3.8, 4) is 0 Å². The molecule has 0 saturated carbocycles. The van der Waals surface area contributed by atoms with Crippen LogP contribution in [0, 0.1) is 5.82 Å². The number of benzene rings is 1. The normalized spacial score (nSPS) is 21.8. The van der Waals surface area contributed by atoms with Crippen LogP contribution in [0.1, 0.15) is 53.4 Å². The first-order chi connectivity index (χ1) is 13.6. The average Bonchev–Trinajstić information content (AvgIpc) is 3.20. The summed E-state index contributed by atoms with van der Waals surface area (Å²) in [5, 5.41) is 13.9. The minimum absolute atomic E-state index is 0.189. The Bertz CT molecular complexity index is 799. The highest BCUT2D eigenvalue weighted by atomic mass is 19.1. The molecule has 1 N–H and O–H groups in total. The Kier molecular flexibility index (Phi) is 5.73. The number of piperidine rings is 2. The number of β-amino-alcohol motifs (C(OH)–C–C–N with tert-alkyl or cyclic N) is 1. The first-order valence-corrected chi connectivity index (χ1v) is 9.99. The molecule has 3 heterocycles. The van der Waals surface area contributed by atoms with Gasteiger partial charge in [-0.3, -0.25) is 9.69 Å². The molecule has 0 unspecified atom stereocenters. The number of nitrogens with zero attached hydrogens (tertiary/aromatic N) is 3. The third kappa shape index (κ3) is 4.42. The van der Waals surface area contributed by atoms with E-state index >= 15 is 0 Å². The van der Waals surface area contributed by atoms with Crippen LogP contribution >= 0.6 is 0 Å². The van der Waals surface area contributed by atoms with E-state index in [4.69, 9.17) is 4.52 Å². The third-order valence-corrected chi connectivity index (χ3v) is 5.75. The summed E-state index contributed by atoms with van der Waals surface area (Å²) >= 11 is 0. The Labute approximate surface area is 163 Å². The molecule has 1 atom stereocenters. The first-order valence-electron chi connectivity index (χ1n) is 9.99. The lowest BCUT2D eigenvalue weighted by Gasteiger charge is -2.31. The van der Waals surface area contributed by atoms with Crippen LogP contribution < -0.4 is 0 Å². The number of carbonyl (C=O) groups excluding carboxylic acids is 1. The van der Waals surface area contributed by atoms with Crippen molar-refractivity contribution in [2.24, 2.45) is 0 Å². The second-order valence-electron chi connectivity index (χ2n) is 7.84. The number of aliphatic hydroxyl groups is 1. The van der Waals surface area contributed by atoms with Crippen molar-refractivity contribution in [3.63, 3.8) is 0 Å². The molecule has 6 nitrogen and oxygen atoms in total. The van der Waals surface area contributed by atoms with Crippen LogP contribution in [-0.2, 0) is 6.54 Å². The Morgan fingerprint density at radius 3 is 2.64 bits per heavy atom. The Morgan fingerprint density at radius 1 is 1.18 bits per heavy atom. The molecule has 1 aromatic heterocycles. The van der Waals surface area contributed by atoms with Crippen LogP contribution in [0.5, 0.6) is 0 Å². The van der Waals surface area contributed by atoms with Crippen LogP contribution in [0.15, 0.2) is 34.9 Å². The topological polar surface area (TPSA) is 69.8 Å². The predicted octanol–water partition coefficient (Wildman–Crippen LogP) is 2.79. The molecule has 0 aliphatic carbocycles. The minimum atomic E-state index is -0.453. The van der Waals surface area contributed by atoms with Gasteiger partial charge in [-0.25, -0.2) is 4.39 Å². The molecule has 2 aromatic rings. The fourth-order valence-corrected chi connectivity index (χ4v) is 4.11. The second kappa shape index (κ2) is 8.41. The lowest BCUT2D eigenvalue weighted by molar-refractivity contribution is 0.0441. The predicted molar refractivity (Wildman–Crippen MR) is 101 cm³/mol. The van der Waals surface area contributed by atoms with Gasteiger partial charge in [0.05, 0.1) is 11.8 Å². The highest BCUT2D eigenvalue weighted by Gasteiger charge is 2.28. The van der Waals surface area contributed by atoms with Gasteiger partial charge in [-0.2, -0.15) is 0 Å². The van der Waals surface area contributed by atoms with Gasteiger partial charge in [0.2, 0.25) is 5.76 Å². The van der Waals surface area contributed by atoms with Crippen molar-refractivity contribution in [1.82, 2.24) is 15.0 Å². The number of rotatable bonds is 4. The molecule has 2 aliphatic heterocycles. The van der Waals surface area contributed by atoms with Gasteiger partial charge in [-0.15, -0.1) is 0 Å². The number of halogens is 1. The molecule has 1 aromatic carbocycles. The fourth-order valence-electron chi connectivity index (χ4n) is 4.11. The maximum absolute atomic E-state index is 13.0. The van der Waals surface area contributed by atoms with Gasteiger partial charge in [0.25, 0.3) is 5.91 Å². The largest absolute Gasteiger partial charge is 0.391 e. The zero-order valence-electron chi connectivity index (χ0n) is 15.9. The molecular weight excluding hydrogens is 361 g/mol. The third-order valence-electron chi connectivity index (χ3n) is 5.75. The van der Waals surface area contributed by atoms with Gasteiger partial charge in [0, 0.05) is 31.6 Å². The van der Waals surface area contributed by atoms with Gasteiger partial charge in [-0.1, -0.05) is 17.3 Å². The van der Waals surface area contributed by atoms with E-state index in [1.807, 2.05) is 12.1 Å². The van der Waals surface area contributed by atoms with E-state index in [1.165, 1.54) is 12.1 Å². The van der Waals surface area contributed by atoms with Gasteiger partial charge in [0.15, 0.2) is 0 Å². The zero-order chi connectivity index (χ0) is 19.5. The molecule has 0 radical (unpaired) electrons. The van der Waals surface area contributed by atoms with E-state index in [1.54, 1.807) is 11.0 Å². The van der Waals surface area contributed by atoms with Crippen molar-refractivity contribution in [2.45, 2.75) is 44.2 Å². The van der Waals surface area contributed by atoms with Crippen molar-refractivity contribution >= 4 is 5.91 Å². The summed E-state index contributed by atoms with van der Waals surface area (Å²) in [4.78, 5) is 16.6. The number of aromatic nitrogens is 1. The van der Waals surface area contributed by atoms with E-state index in [0.717, 1.165) is 56.6 Å². The molecule has 28 heavy (non-hydrogen) atoms. The summed E-state index contributed by atoms with van der Waals surface area (Å²) < 4.78 is 18.4. The minimum Gasteiger partial charge on any atom is -0.391 e. The van der Waals surface area contributed by atoms with E-state index in [9.17, 15) is 14.3 Å². The van der Waals surface area contributed by atoms with Crippen LogP contribution in [0.2, 0.25) is 0 Å². The Balaban J connectivity index is 1.31. The molecule has 2 saturated heterocycles. The van der Waals surface area contributed by atoms with Crippen LogP contribution in [0.3, 0.4) is 0 Å². The summed E-state index contributed by atoms with van der Waals surface area (Å²) in [6, 6.07) is 8.42. The maximum atomic E-state index is 13.0. The van der Waals surface area contributed by atoms with E-state index in [0.29, 0.717) is 13.1 Å². The number of hydrogen-bond acceptors (Lipinski definition) is 5. The molecule has 0 spiro atoms. The summed E-state index contributed by atoms with van der Waals surface area (Å²) in [5.74, 6) is 0.142. The molecule has 4 rings (SSSR count). The lowest BCUT2D eigenvalue weighted by Crippen LogP contribution is -2.42. The van der Waals surface area contributed by atoms with Crippen molar-refractivity contribution in [2.75, 3.05) is 26.2 Å². The Hall–Kier alpha value is -2.25. The van der Waals surface area contributed by atoms with Crippen molar-refractivity contribution in [1.29, 1.82) is 0 Å². The molecule has 7 heteroatoms. The molecule has 2 fully saturated rings. The van der Waals surface area contributed by atoms with Gasteiger partial charge in [0.1, 0.15) is 5.82 Å². The molecule has 150 valence electrons. The van der Waals surface area contributed by atoms with Crippen LogP contribution in [-0.4, -0.2) is 58.3 Å². The SMILES string of the molecule is O=C(c1cc(C2CCN(Cc3ccc(F)cc3)CC2)no1)N1CCC[C@H](O)C1. The van der Waals surface area contributed by atoms with Gasteiger partial charge in [-0.05, 0) is 56.5 Å². The van der Waals surface area contributed by atoms with Gasteiger partial charge >= 0.3 is 0 Å². The maximum Gasteiger partial charge on any atom is 0.292 e. The monoisotopic (exact) mass is 387 g/mol. The summed E-state index contributed by atoms with van der Waals surface area (Å²) in [6.07, 6.45) is 2.99. The fraction of sp³-hybridized carbons (Fsp3) is 0.524. The number of hydrogen-bond donors (Lipinski definition) is 1. The van der Waals surface area contributed by atoms with E-state index in [2.05, 4.69) is 10.1 Å². The smallest absolute Gasteiger partial charge is 0.292 e. The number of aliphatic hydroxyl groups excluding tert-OH is 1. The van der Waals surface area contributed by atoms with Crippen molar-refractivity contribution in [3.05, 3.63) is 53.2 Å². The molecule has 0 bridgehead atoms. The average molecular weight is 387 g/mol. The standard InChI is InChI=1S/C21H26FN3O3/c22-17-5-3-15(4-6-17)13-24-10-7-16(8-11-24)19-12-20(28-23-19)21(27)25-9-1-2-18(26)14-25/h3-6,12,16,18,26H,1-2,7-11,13-14H2/t18-/m0/s1. The first kappa shape index (κ1) is 19.1. The highest BCUT2D eigenvalue weighted by molar-refractivity contribution is 5.91. The molecule has 2 aliphatic rings. The number of likely N-dealkylation sites (tertiary alicyclic amines) is 2. The Morgan fingerprint density at radius 2 is 1.93 bits per heavy atom. The second-order valence-corrected chi connectivity index (χ2v) is 7.84. The quantitative estimate of drug-likeness (QED) is 0.874. The van der Waals surface area contributed by atoms with Crippen LogP contribution in [0.25, 0.3) is 0 Å². The van der Waals surface area contributed by atoms with Crippen molar-refractivity contribution < 1.29 is 18.8 Å². The zero-order valence-corrected chi connectivity index (χ0v) is 15.9. The molecule has 1 amide bonds. The number of amides is 1. The highest BCUT2D eigenvalue weighted by Crippen LogP contribution is 2.29. The lowest BCUT2D eigenvalue weighted by atomic mass is 9.93. The van der Waals surface area contributed by atoms with E-state index < -0.39 is 6.10 Å². The molecular formula is C21H26FN3O3. The number of carbonyl (C=O) groups is 1. The summed E-state index contributed by atoms with van der Waals surface area (Å²) in [6.45, 7) is 3.67.